The van der Waals surface area contributed by atoms with E-state index >= 15 is 0 Å². The third-order valence-electron chi connectivity index (χ3n) is 11.6. The lowest BCUT2D eigenvalue weighted by Gasteiger charge is -2.25. The SMILES string of the molecule is c1ccc(-c2ccc(-c3c4ccccc4c(-c4ccc(-n5c6ccccc6c6cc(N(c7ccccc7)c7ccccc7)ccc65)cc4)c4ccccc34)cc2)cc1. The van der Waals surface area contributed by atoms with E-state index in [2.05, 4.69) is 240 Å². The zero-order valence-corrected chi connectivity index (χ0v) is 31.8. The Labute approximate surface area is 338 Å². The topological polar surface area (TPSA) is 8.17 Å². The van der Waals surface area contributed by atoms with Gasteiger partial charge >= 0.3 is 0 Å². The van der Waals surface area contributed by atoms with Crippen LogP contribution in [0.15, 0.2) is 231 Å². The van der Waals surface area contributed by atoms with Crippen molar-refractivity contribution in [2.75, 3.05) is 4.90 Å². The Morgan fingerprint density at radius 2 is 0.655 bits per heavy atom. The minimum absolute atomic E-state index is 1.12. The van der Waals surface area contributed by atoms with Crippen LogP contribution in [0.5, 0.6) is 0 Å². The average molecular weight is 739 g/mol. The Balaban J connectivity index is 1.04. The third kappa shape index (κ3) is 5.66. The van der Waals surface area contributed by atoms with E-state index in [4.69, 9.17) is 0 Å². The molecule has 0 saturated heterocycles. The summed E-state index contributed by atoms with van der Waals surface area (Å²) in [6, 6.07) is 83.5. The molecule has 0 aliphatic rings. The molecule has 0 saturated carbocycles. The van der Waals surface area contributed by atoms with Crippen molar-refractivity contribution in [2.45, 2.75) is 0 Å². The molecule has 2 heteroatoms. The van der Waals surface area contributed by atoms with Crippen LogP contribution in [0, 0.1) is 0 Å². The van der Waals surface area contributed by atoms with E-state index in [9.17, 15) is 0 Å². The van der Waals surface area contributed by atoms with Crippen molar-refractivity contribution in [3.63, 3.8) is 0 Å². The zero-order chi connectivity index (χ0) is 38.4. The molecular formula is C56H38N2. The van der Waals surface area contributed by atoms with Gasteiger partial charge in [-0.3, -0.25) is 0 Å². The van der Waals surface area contributed by atoms with Gasteiger partial charge in [0.05, 0.1) is 11.0 Å². The molecule has 0 fully saturated rings. The standard InChI is InChI=1S/C56H38N2/c1-4-16-39(17-5-1)40-28-30-41(31-29-40)55-48-23-10-12-25-50(48)56(51-26-13-11-24-49(51)55)42-32-34-45(35-33-42)58-53-27-15-14-22-47(53)52-38-46(36-37-54(52)58)57(43-18-6-2-7-19-43)44-20-8-3-9-21-44/h1-38H. The Hall–Kier alpha value is -7.68. The number of para-hydroxylation sites is 3. The molecule has 272 valence electrons. The van der Waals surface area contributed by atoms with E-state index in [0.29, 0.717) is 0 Å². The zero-order valence-electron chi connectivity index (χ0n) is 31.8. The molecule has 1 heterocycles. The monoisotopic (exact) mass is 738 g/mol. The number of rotatable bonds is 7. The first kappa shape index (κ1) is 33.6. The highest BCUT2D eigenvalue weighted by molar-refractivity contribution is 6.21. The van der Waals surface area contributed by atoms with E-state index in [1.807, 2.05) is 0 Å². The lowest BCUT2D eigenvalue weighted by atomic mass is 9.85. The first-order chi connectivity index (χ1) is 28.8. The van der Waals surface area contributed by atoms with Crippen LogP contribution < -0.4 is 4.90 Å². The molecule has 0 aliphatic carbocycles. The number of hydrogen-bond donors (Lipinski definition) is 0. The fraction of sp³-hybridized carbons (Fsp3) is 0. The highest BCUT2D eigenvalue weighted by Crippen LogP contribution is 2.45. The van der Waals surface area contributed by atoms with Crippen LogP contribution >= 0.6 is 0 Å². The molecular weight excluding hydrogens is 701 g/mol. The van der Waals surface area contributed by atoms with Gasteiger partial charge in [-0.1, -0.05) is 170 Å². The second kappa shape index (κ2) is 14.1. The van der Waals surface area contributed by atoms with Gasteiger partial charge < -0.3 is 9.47 Å². The Bertz CT molecular complexity index is 3140. The largest absolute Gasteiger partial charge is 0.310 e. The van der Waals surface area contributed by atoms with Gasteiger partial charge in [0, 0.05) is 33.5 Å². The lowest BCUT2D eigenvalue weighted by Crippen LogP contribution is -2.09. The summed E-state index contributed by atoms with van der Waals surface area (Å²) < 4.78 is 2.41. The summed E-state index contributed by atoms with van der Waals surface area (Å²) in [5, 5.41) is 7.47. The van der Waals surface area contributed by atoms with Crippen LogP contribution in [-0.2, 0) is 0 Å². The van der Waals surface area contributed by atoms with Crippen LogP contribution in [0.3, 0.4) is 0 Å². The predicted octanol–water partition coefficient (Wildman–Crippen LogP) is 15.6. The summed E-state index contributed by atoms with van der Waals surface area (Å²) in [5.74, 6) is 0. The molecule has 0 atom stereocenters. The van der Waals surface area contributed by atoms with Gasteiger partial charge in [0.25, 0.3) is 0 Å². The van der Waals surface area contributed by atoms with Crippen LogP contribution in [0.1, 0.15) is 0 Å². The quantitative estimate of drug-likeness (QED) is 0.148. The van der Waals surface area contributed by atoms with Crippen molar-refractivity contribution in [2.24, 2.45) is 0 Å². The van der Waals surface area contributed by atoms with Crippen LogP contribution in [0.25, 0.3) is 82.4 Å². The van der Waals surface area contributed by atoms with E-state index in [0.717, 1.165) is 22.7 Å². The van der Waals surface area contributed by atoms with Gasteiger partial charge in [-0.2, -0.15) is 0 Å². The van der Waals surface area contributed by atoms with Gasteiger partial charge in [-0.05, 0) is 116 Å². The molecule has 11 rings (SSSR count). The molecule has 0 amide bonds. The van der Waals surface area contributed by atoms with Gasteiger partial charge in [-0.25, -0.2) is 0 Å². The number of nitrogens with zero attached hydrogens (tertiary/aromatic N) is 2. The molecule has 1 aromatic heterocycles. The third-order valence-corrected chi connectivity index (χ3v) is 11.6. The smallest absolute Gasteiger partial charge is 0.0542 e. The predicted molar refractivity (Wildman–Crippen MR) is 247 cm³/mol. The van der Waals surface area contributed by atoms with Crippen LogP contribution in [-0.4, -0.2) is 4.57 Å². The van der Waals surface area contributed by atoms with Crippen LogP contribution in [0.4, 0.5) is 17.1 Å². The number of benzene rings is 10. The highest BCUT2D eigenvalue weighted by atomic mass is 15.1. The molecule has 0 unspecified atom stereocenters. The first-order valence-electron chi connectivity index (χ1n) is 19.9. The van der Waals surface area contributed by atoms with Crippen molar-refractivity contribution in [3.05, 3.63) is 231 Å². The van der Waals surface area contributed by atoms with Crippen molar-refractivity contribution < 1.29 is 0 Å². The Morgan fingerprint density at radius 1 is 0.259 bits per heavy atom. The average Bonchev–Trinajstić information content (AvgIpc) is 3.63. The van der Waals surface area contributed by atoms with Crippen LogP contribution in [0.2, 0.25) is 0 Å². The summed E-state index contributed by atoms with van der Waals surface area (Å²) in [7, 11) is 0. The van der Waals surface area contributed by atoms with E-state index in [1.165, 1.54) is 76.7 Å². The van der Waals surface area contributed by atoms with Crippen molar-refractivity contribution in [1.29, 1.82) is 0 Å². The molecule has 10 aromatic carbocycles. The maximum absolute atomic E-state index is 2.41. The molecule has 0 N–H and O–H groups in total. The molecule has 0 bridgehead atoms. The minimum Gasteiger partial charge on any atom is -0.310 e. The van der Waals surface area contributed by atoms with Crippen molar-refractivity contribution in [3.8, 4) is 39.1 Å². The molecule has 2 nitrogen and oxygen atoms in total. The molecule has 0 spiro atoms. The van der Waals surface area contributed by atoms with Gasteiger partial charge in [0.15, 0.2) is 0 Å². The summed E-state index contributed by atoms with van der Waals surface area (Å²) >= 11 is 0. The maximum atomic E-state index is 2.41. The highest BCUT2D eigenvalue weighted by Gasteiger charge is 2.19. The number of anilines is 3. The summed E-state index contributed by atoms with van der Waals surface area (Å²) in [6.07, 6.45) is 0. The minimum atomic E-state index is 1.12. The molecule has 0 radical (unpaired) electrons. The molecule has 11 aromatic rings. The Kier molecular flexibility index (Phi) is 8.19. The lowest BCUT2D eigenvalue weighted by molar-refractivity contribution is 1.18. The number of aromatic nitrogens is 1. The second-order valence-corrected chi connectivity index (χ2v) is 14.9. The fourth-order valence-corrected chi connectivity index (χ4v) is 8.97. The van der Waals surface area contributed by atoms with E-state index < -0.39 is 0 Å². The normalized spacial score (nSPS) is 11.4. The number of hydrogen-bond acceptors (Lipinski definition) is 1. The fourth-order valence-electron chi connectivity index (χ4n) is 8.97. The summed E-state index contributed by atoms with van der Waals surface area (Å²) in [5.41, 5.74) is 14.3. The first-order valence-corrected chi connectivity index (χ1v) is 19.9. The van der Waals surface area contributed by atoms with E-state index in [-0.39, 0.29) is 0 Å². The summed E-state index contributed by atoms with van der Waals surface area (Å²) in [4.78, 5) is 2.33. The van der Waals surface area contributed by atoms with E-state index in [1.54, 1.807) is 0 Å². The molecule has 58 heavy (non-hydrogen) atoms. The van der Waals surface area contributed by atoms with Gasteiger partial charge in [-0.15, -0.1) is 0 Å². The second-order valence-electron chi connectivity index (χ2n) is 14.9. The van der Waals surface area contributed by atoms with Gasteiger partial charge in [0.1, 0.15) is 0 Å². The number of fused-ring (bicyclic) bond motifs is 5. The molecule has 0 aliphatic heterocycles. The van der Waals surface area contributed by atoms with Gasteiger partial charge in [0.2, 0.25) is 0 Å². The van der Waals surface area contributed by atoms with Crippen molar-refractivity contribution >= 4 is 60.4 Å². The maximum Gasteiger partial charge on any atom is 0.0542 e. The van der Waals surface area contributed by atoms with Crippen molar-refractivity contribution in [1.82, 2.24) is 4.57 Å². The Morgan fingerprint density at radius 3 is 1.19 bits per heavy atom. The summed E-state index contributed by atoms with van der Waals surface area (Å²) in [6.45, 7) is 0.